The predicted octanol–water partition coefficient (Wildman–Crippen LogP) is 5.09. The molecule has 1 rings (SSSR count). The Balaban J connectivity index is 2.69. The highest BCUT2D eigenvalue weighted by Gasteiger charge is 2.17. The van der Waals surface area contributed by atoms with Crippen molar-refractivity contribution in [1.29, 1.82) is 0 Å². The van der Waals surface area contributed by atoms with Crippen LogP contribution in [0.3, 0.4) is 0 Å². The summed E-state index contributed by atoms with van der Waals surface area (Å²) in [6, 6.07) is 9.37. The lowest BCUT2D eigenvalue weighted by Gasteiger charge is -2.20. The second kappa shape index (κ2) is 6.99. The molecule has 1 aromatic carbocycles. The lowest BCUT2D eigenvalue weighted by atomic mass is 9.99. The van der Waals surface area contributed by atoms with E-state index in [2.05, 4.69) is 44.8 Å². The fraction of sp³-hybridized carbons (Fsp3) is 0.538. The van der Waals surface area contributed by atoms with Gasteiger partial charge in [0.1, 0.15) is 5.75 Å². The number of halogens is 2. The van der Waals surface area contributed by atoms with E-state index in [0.717, 1.165) is 18.2 Å². The van der Waals surface area contributed by atoms with Gasteiger partial charge in [-0.2, -0.15) is 22.2 Å². The van der Waals surface area contributed by atoms with E-state index in [1.807, 2.05) is 6.07 Å². The number of benzene rings is 1. The van der Waals surface area contributed by atoms with Crippen LogP contribution in [0.2, 0.25) is 25.7 Å². The molecule has 0 aliphatic carbocycles. The fourth-order valence-electron chi connectivity index (χ4n) is 1.78. The Kier molecular flexibility index (Phi) is 6.25. The van der Waals surface area contributed by atoms with E-state index >= 15 is 0 Å². The summed E-state index contributed by atoms with van der Waals surface area (Å²) in [7, 11) is -3.00. The third kappa shape index (κ3) is 6.27. The van der Waals surface area contributed by atoms with Gasteiger partial charge < -0.3 is 4.43 Å². The van der Waals surface area contributed by atoms with E-state index in [0.29, 0.717) is 5.92 Å². The molecule has 0 spiro atoms. The molecule has 1 aromatic rings. The molecule has 0 aromatic heterocycles. The average molecular weight is 321 g/mol. The molecule has 0 heterocycles. The summed E-state index contributed by atoms with van der Waals surface area (Å²) < 4.78 is 6.01. The van der Waals surface area contributed by atoms with Crippen LogP contribution in [0.4, 0.5) is 0 Å². The van der Waals surface area contributed by atoms with Crippen molar-refractivity contribution in [2.75, 3.05) is 0 Å². The quantitative estimate of drug-likeness (QED) is 0.524. The van der Waals surface area contributed by atoms with Gasteiger partial charge in [0.25, 0.3) is 0 Å². The third-order valence-corrected chi connectivity index (χ3v) is 5.60. The fourth-order valence-corrected chi connectivity index (χ4v) is 4.12. The molecule has 1 atom stereocenters. The molecule has 1 unspecified atom stereocenters. The van der Waals surface area contributed by atoms with Gasteiger partial charge in [-0.3, -0.25) is 0 Å². The number of hydrogen-bond donors (Lipinski definition) is 0. The average Bonchev–Trinajstić information content (AvgIpc) is 2.23. The first-order chi connectivity index (χ1) is 8.28. The molecular weight excluding hydrogens is 299 g/mol. The van der Waals surface area contributed by atoms with Gasteiger partial charge in [-0.05, 0) is 55.7 Å². The molecule has 18 heavy (non-hydrogen) atoms. The molecule has 0 amide bonds. The highest BCUT2D eigenvalue weighted by Crippen LogP contribution is 2.27. The van der Waals surface area contributed by atoms with E-state index in [-0.39, 0.29) is 0 Å². The van der Waals surface area contributed by atoms with Crippen molar-refractivity contribution >= 4 is 37.9 Å². The second-order valence-electron chi connectivity index (χ2n) is 5.66. The maximum absolute atomic E-state index is 6.01. The summed E-state index contributed by atoms with van der Waals surface area (Å²) in [6.07, 6.45) is 1.06. The molecule has 0 bridgehead atoms. The lowest BCUT2D eigenvalue weighted by molar-refractivity contribution is 0.555. The van der Waals surface area contributed by atoms with E-state index in [9.17, 15) is 0 Å². The van der Waals surface area contributed by atoms with Gasteiger partial charge in [0, 0.05) is 0 Å². The largest absolute Gasteiger partial charge is 0.544 e. The zero-order valence-corrected chi connectivity index (χ0v) is 15.2. The molecule has 0 saturated heterocycles. The second-order valence-corrected chi connectivity index (χ2v) is 15.3. The molecule has 102 valence electrons. The van der Waals surface area contributed by atoms with Crippen molar-refractivity contribution in [3.63, 3.8) is 0 Å². The van der Waals surface area contributed by atoms with Gasteiger partial charge >= 0.3 is 0 Å². The van der Waals surface area contributed by atoms with Crippen LogP contribution in [-0.4, -0.2) is 15.7 Å². The van der Waals surface area contributed by atoms with Gasteiger partial charge in [0.2, 0.25) is 15.7 Å². The maximum atomic E-state index is 6.01. The van der Waals surface area contributed by atoms with E-state index in [1.54, 1.807) is 0 Å². The van der Waals surface area contributed by atoms with Crippen LogP contribution in [0.25, 0.3) is 0 Å². The summed E-state index contributed by atoms with van der Waals surface area (Å²) >= 11 is 11.8. The minimum absolute atomic E-state index is 0.489. The monoisotopic (exact) mass is 320 g/mol. The SMILES string of the molecule is CC(CC[SiH](Cl)Cl)c1cccc(O[Si](C)(C)C)c1. The van der Waals surface area contributed by atoms with Gasteiger partial charge in [-0.1, -0.05) is 19.1 Å². The summed E-state index contributed by atoms with van der Waals surface area (Å²) in [5.74, 6) is 1.48. The topological polar surface area (TPSA) is 9.23 Å². The van der Waals surface area contributed by atoms with Crippen molar-refractivity contribution < 1.29 is 4.43 Å². The normalized spacial score (nSPS) is 13.7. The summed E-state index contributed by atoms with van der Waals surface area (Å²) in [5.41, 5.74) is 1.31. The van der Waals surface area contributed by atoms with Crippen LogP contribution in [0.15, 0.2) is 24.3 Å². The smallest absolute Gasteiger partial charge is 0.242 e. The molecule has 0 aliphatic rings. The Morgan fingerprint density at radius 3 is 2.50 bits per heavy atom. The molecule has 0 radical (unpaired) electrons. The van der Waals surface area contributed by atoms with Crippen LogP contribution in [-0.2, 0) is 0 Å². The van der Waals surface area contributed by atoms with Crippen molar-refractivity contribution in [1.82, 2.24) is 0 Å². The number of rotatable bonds is 6. The standard InChI is InChI=1S/C13H22Cl2OSi2/c1-11(8-9-17(14)15)12-6-5-7-13(10-12)16-18(2,3)4/h5-7,10-11,17H,8-9H2,1-4H3. The summed E-state index contributed by atoms with van der Waals surface area (Å²) in [4.78, 5) is 0. The van der Waals surface area contributed by atoms with Crippen molar-refractivity contribution in [2.45, 2.75) is 44.9 Å². The summed E-state index contributed by atoms with van der Waals surface area (Å²) in [6.45, 7) is 8.80. The van der Waals surface area contributed by atoms with Crippen LogP contribution < -0.4 is 4.43 Å². The van der Waals surface area contributed by atoms with Gasteiger partial charge in [0.15, 0.2) is 0 Å². The zero-order chi connectivity index (χ0) is 13.8. The third-order valence-electron chi connectivity index (χ3n) is 2.67. The molecule has 0 N–H and O–H groups in total. The van der Waals surface area contributed by atoms with E-state index in [1.165, 1.54) is 5.56 Å². The van der Waals surface area contributed by atoms with Crippen LogP contribution in [0.1, 0.15) is 24.8 Å². The highest BCUT2D eigenvalue weighted by atomic mass is 35.7. The Morgan fingerprint density at radius 2 is 1.94 bits per heavy atom. The zero-order valence-electron chi connectivity index (χ0n) is 11.5. The molecule has 5 heteroatoms. The van der Waals surface area contributed by atoms with Crippen LogP contribution in [0.5, 0.6) is 5.75 Å². The summed E-state index contributed by atoms with van der Waals surface area (Å²) in [5, 5.41) is 0. The highest BCUT2D eigenvalue weighted by molar-refractivity contribution is 7.33. The van der Waals surface area contributed by atoms with Gasteiger partial charge in [0.05, 0.1) is 0 Å². The van der Waals surface area contributed by atoms with E-state index < -0.39 is 15.7 Å². The first-order valence-electron chi connectivity index (χ1n) is 6.35. The molecular formula is C13H22Cl2OSi2. The number of hydrogen-bond acceptors (Lipinski definition) is 1. The van der Waals surface area contributed by atoms with Crippen LogP contribution >= 0.6 is 22.2 Å². The van der Waals surface area contributed by atoms with E-state index in [4.69, 9.17) is 26.6 Å². The molecule has 1 nitrogen and oxygen atoms in total. The Hall–Kier alpha value is 0.0338. The van der Waals surface area contributed by atoms with Crippen molar-refractivity contribution in [3.05, 3.63) is 29.8 Å². The van der Waals surface area contributed by atoms with Gasteiger partial charge in [-0.25, -0.2) is 0 Å². The molecule has 0 saturated carbocycles. The molecule has 0 fully saturated rings. The lowest BCUT2D eigenvalue weighted by Crippen LogP contribution is -2.29. The minimum Gasteiger partial charge on any atom is -0.544 e. The first kappa shape index (κ1) is 16.1. The van der Waals surface area contributed by atoms with Gasteiger partial charge in [-0.15, -0.1) is 0 Å². The predicted molar refractivity (Wildman–Crippen MR) is 87.1 cm³/mol. The van der Waals surface area contributed by atoms with Crippen molar-refractivity contribution in [2.24, 2.45) is 0 Å². The Bertz CT molecular complexity index is 377. The maximum Gasteiger partial charge on any atom is 0.242 e. The Morgan fingerprint density at radius 1 is 1.28 bits per heavy atom. The minimum atomic E-state index is -1.53. The molecule has 0 aliphatic heterocycles. The van der Waals surface area contributed by atoms with Crippen LogP contribution in [0, 0.1) is 0 Å². The Labute approximate surface area is 123 Å². The first-order valence-corrected chi connectivity index (χ1v) is 14.1. The van der Waals surface area contributed by atoms with Crippen molar-refractivity contribution in [3.8, 4) is 5.75 Å².